The summed E-state index contributed by atoms with van der Waals surface area (Å²) in [5.41, 5.74) is 0.301. The number of hydrogen-bond donors (Lipinski definition) is 3. The van der Waals surface area contributed by atoms with Crippen molar-refractivity contribution in [2.45, 2.75) is 11.8 Å². The number of aromatic nitrogens is 2. The van der Waals surface area contributed by atoms with Crippen molar-refractivity contribution in [3.8, 4) is 5.69 Å². The van der Waals surface area contributed by atoms with E-state index >= 15 is 0 Å². The number of primary sulfonamides is 1. The standard InChI is InChI=1S/C17H15N5O5S/c1-10-15(20-19-14-5-3-2-4-13(14)17(24)25)16(23)22(21-10)11-6-8-12(9-7-11)28(18,26)27/h2-9,21H,1H3,(H,24,25)(H2,18,26,27). The molecule has 0 bridgehead atoms. The number of aromatic amines is 1. The summed E-state index contributed by atoms with van der Waals surface area (Å²) in [6.07, 6.45) is 0. The normalized spacial score (nSPS) is 11.8. The SMILES string of the molecule is Cc1[nH]n(-c2ccc(S(N)(=O)=O)cc2)c(=O)c1N=Nc1ccccc1C(=O)O. The summed E-state index contributed by atoms with van der Waals surface area (Å²) >= 11 is 0. The van der Waals surface area contributed by atoms with E-state index in [9.17, 15) is 23.1 Å². The summed E-state index contributed by atoms with van der Waals surface area (Å²) < 4.78 is 23.8. The topological polar surface area (TPSA) is 160 Å². The fourth-order valence-corrected chi connectivity index (χ4v) is 2.98. The Morgan fingerprint density at radius 1 is 1.11 bits per heavy atom. The van der Waals surface area contributed by atoms with Gasteiger partial charge in [0, 0.05) is 0 Å². The number of H-pyrrole nitrogens is 1. The number of nitrogens with two attached hydrogens (primary N) is 1. The van der Waals surface area contributed by atoms with Crippen molar-refractivity contribution in [1.29, 1.82) is 0 Å². The van der Waals surface area contributed by atoms with Gasteiger partial charge < -0.3 is 5.11 Å². The van der Waals surface area contributed by atoms with Crippen molar-refractivity contribution in [1.82, 2.24) is 9.78 Å². The molecule has 0 amide bonds. The van der Waals surface area contributed by atoms with E-state index in [-0.39, 0.29) is 21.8 Å². The van der Waals surface area contributed by atoms with Crippen LogP contribution in [0.15, 0.2) is 68.4 Å². The minimum Gasteiger partial charge on any atom is -0.478 e. The van der Waals surface area contributed by atoms with E-state index in [4.69, 9.17) is 5.14 Å². The molecule has 1 aromatic heterocycles. The van der Waals surface area contributed by atoms with Crippen molar-refractivity contribution in [3.63, 3.8) is 0 Å². The quantitative estimate of drug-likeness (QED) is 0.558. The minimum atomic E-state index is -3.84. The summed E-state index contributed by atoms with van der Waals surface area (Å²) in [5.74, 6) is -1.16. The van der Waals surface area contributed by atoms with Crippen molar-refractivity contribution < 1.29 is 18.3 Å². The molecule has 0 unspecified atom stereocenters. The van der Waals surface area contributed by atoms with Crippen LogP contribution in [-0.4, -0.2) is 29.3 Å². The lowest BCUT2D eigenvalue weighted by atomic mass is 10.2. The average molecular weight is 401 g/mol. The van der Waals surface area contributed by atoms with Gasteiger partial charge in [-0.15, -0.1) is 10.2 Å². The van der Waals surface area contributed by atoms with Gasteiger partial charge >= 0.3 is 5.97 Å². The lowest BCUT2D eigenvalue weighted by Crippen LogP contribution is -2.15. The molecule has 0 saturated heterocycles. The Kier molecular flexibility index (Phi) is 4.94. The number of carboxylic acid groups (broad SMARTS) is 1. The first-order chi connectivity index (χ1) is 13.2. The van der Waals surface area contributed by atoms with Crippen LogP contribution in [0.2, 0.25) is 0 Å². The number of nitrogens with one attached hydrogen (secondary N) is 1. The number of benzene rings is 2. The minimum absolute atomic E-state index is 0.00397. The number of hydrogen-bond acceptors (Lipinski definition) is 6. The molecule has 0 aliphatic heterocycles. The maximum absolute atomic E-state index is 12.6. The summed E-state index contributed by atoms with van der Waals surface area (Å²) in [5, 5.41) is 24.8. The number of carbonyl (C=O) groups is 1. The lowest BCUT2D eigenvalue weighted by molar-refractivity contribution is 0.0697. The highest BCUT2D eigenvalue weighted by atomic mass is 32.2. The van der Waals surface area contributed by atoms with Gasteiger partial charge in [0.2, 0.25) is 10.0 Å². The van der Waals surface area contributed by atoms with Gasteiger partial charge in [-0.05, 0) is 43.3 Å². The van der Waals surface area contributed by atoms with Crippen LogP contribution in [0.4, 0.5) is 11.4 Å². The molecule has 0 fully saturated rings. The molecule has 0 saturated carbocycles. The summed E-state index contributed by atoms with van der Waals surface area (Å²) in [6.45, 7) is 1.61. The van der Waals surface area contributed by atoms with Gasteiger partial charge in [-0.3, -0.25) is 9.89 Å². The van der Waals surface area contributed by atoms with Crippen LogP contribution in [0, 0.1) is 6.92 Å². The summed E-state index contributed by atoms with van der Waals surface area (Å²) in [7, 11) is -3.84. The second kappa shape index (κ2) is 7.21. The molecule has 3 aromatic rings. The smallest absolute Gasteiger partial charge is 0.337 e. The molecule has 11 heteroatoms. The lowest BCUT2D eigenvalue weighted by Gasteiger charge is -2.02. The Hall–Kier alpha value is -3.57. The van der Waals surface area contributed by atoms with Crippen molar-refractivity contribution in [3.05, 3.63) is 70.1 Å². The molecule has 1 heterocycles. The highest BCUT2D eigenvalue weighted by Gasteiger charge is 2.14. The Labute approximate surface area is 159 Å². The van der Waals surface area contributed by atoms with Gasteiger partial charge in [-0.1, -0.05) is 12.1 Å². The zero-order chi connectivity index (χ0) is 20.5. The van der Waals surface area contributed by atoms with Crippen molar-refractivity contribution >= 4 is 27.4 Å². The molecule has 0 atom stereocenters. The molecular weight excluding hydrogens is 386 g/mol. The molecule has 2 aromatic carbocycles. The maximum atomic E-state index is 12.6. The van der Waals surface area contributed by atoms with Gasteiger partial charge in [-0.25, -0.2) is 23.0 Å². The molecule has 4 N–H and O–H groups in total. The first-order valence-corrected chi connectivity index (χ1v) is 9.42. The van der Waals surface area contributed by atoms with Crippen LogP contribution in [0.1, 0.15) is 16.1 Å². The molecule has 10 nitrogen and oxygen atoms in total. The van der Waals surface area contributed by atoms with Crippen LogP contribution in [-0.2, 0) is 10.0 Å². The maximum Gasteiger partial charge on any atom is 0.337 e. The first kappa shape index (κ1) is 19.2. The van der Waals surface area contributed by atoms with E-state index in [2.05, 4.69) is 15.3 Å². The molecule has 144 valence electrons. The number of carboxylic acids is 1. The van der Waals surface area contributed by atoms with Crippen LogP contribution in [0.25, 0.3) is 5.69 Å². The van der Waals surface area contributed by atoms with E-state index in [0.717, 1.165) is 0 Å². The Bertz CT molecular complexity index is 1240. The Morgan fingerprint density at radius 3 is 2.36 bits per heavy atom. The number of sulfonamides is 1. The highest BCUT2D eigenvalue weighted by Crippen LogP contribution is 2.22. The fourth-order valence-electron chi connectivity index (χ4n) is 2.47. The van der Waals surface area contributed by atoms with Gasteiger partial charge in [0.15, 0.2) is 5.69 Å². The third-order valence-electron chi connectivity index (χ3n) is 3.86. The van der Waals surface area contributed by atoms with E-state index in [0.29, 0.717) is 11.4 Å². The van der Waals surface area contributed by atoms with Crippen molar-refractivity contribution in [2.24, 2.45) is 15.4 Å². The van der Waals surface area contributed by atoms with Crippen LogP contribution >= 0.6 is 0 Å². The van der Waals surface area contributed by atoms with Gasteiger partial charge in [0.1, 0.15) is 5.69 Å². The predicted molar refractivity (Wildman–Crippen MR) is 100 cm³/mol. The fraction of sp³-hybridized carbons (Fsp3) is 0.0588. The second-order valence-corrected chi connectivity index (χ2v) is 7.35. The van der Waals surface area contributed by atoms with Crippen LogP contribution < -0.4 is 10.7 Å². The largest absolute Gasteiger partial charge is 0.478 e. The van der Waals surface area contributed by atoms with Gasteiger partial charge in [0.25, 0.3) is 5.56 Å². The Morgan fingerprint density at radius 2 is 1.75 bits per heavy atom. The average Bonchev–Trinajstić information content (AvgIpc) is 2.93. The van der Waals surface area contributed by atoms with Gasteiger partial charge in [-0.2, -0.15) is 0 Å². The summed E-state index contributed by atoms with van der Waals surface area (Å²) in [6, 6.07) is 11.4. The van der Waals surface area contributed by atoms with E-state index in [1.165, 1.54) is 41.1 Å². The number of aromatic carboxylic acids is 1. The van der Waals surface area contributed by atoms with E-state index in [1.807, 2.05) is 0 Å². The number of azo groups is 1. The molecule has 3 rings (SSSR count). The van der Waals surface area contributed by atoms with E-state index < -0.39 is 21.6 Å². The third kappa shape index (κ3) is 3.75. The highest BCUT2D eigenvalue weighted by molar-refractivity contribution is 7.89. The molecule has 0 aliphatic rings. The number of nitrogens with zero attached hydrogens (tertiary/aromatic N) is 3. The molecule has 0 aliphatic carbocycles. The van der Waals surface area contributed by atoms with Crippen LogP contribution in [0.3, 0.4) is 0 Å². The summed E-state index contributed by atoms with van der Waals surface area (Å²) in [4.78, 5) is 23.8. The Balaban J connectivity index is 2.00. The molecule has 28 heavy (non-hydrogen) atoms. The monoisotopic (exact) mass is 401 g/mol. The van der Waals surface area contributed by atoms with Crippen molar-refractivity contribution in [2.75, 3.05) is 0 Å². The predicted octanol–water partition coefficient (Wildman–Crippen LogP) is 2.24. The van der Waals surface area contributed by atoms with E-state index in [1.54, 1.807) is 19.1 Å². The number of aryl methyl sites for hydroxylation is 1. The molecule has 0 spiro atoms. The molecule has 0 radical (unpaired) electrons. The van der Waals surface area contributed by atoms with Gasteiger partial charge in [0.05, 0.1) is 21.8 Å². The number of rotatable bonds is 5. The third-order valence-corrected chi connectivity index (χ3v) is 4.79. The zero-order valence-corrected chi connectivity index (χ0v) is 15.3. The zero-order valence-electron chi connectivity index (χ0n) is 14.5. The molecular formula is C17H15N5O5S. The first-order valence-electron chi connectivity index (χ1n) is 7.87. The second-order valence-electron chi connectivity index (χ2n) is 5.79. The van der Waals surface area contributed by atoms with Crippen LogP contribution in [0.5, 0.6) is 0 Å².